The van der Waals surface area contributed by atoms with Crippen LogP contribution in [-0.4, -0.2) is 97.4 Å². The molecule has 2 aliphatic heterocycles. The molecule has 2 atom stereocenters. The molecule has 1 aromatic carbocycles. The van der Waals surface area contributed by atoms with Crippen LogP contribution in [0.2, 0.25) is 0 Å². The van der Waals surface area contributed by atoms with E-state index in [4.69, 9.17) is 22.8 Å². The van der Waals surface area contributed by atoms with Gasteiger partial charge in [0.1, 0.15) is 22.6 Å². The van der Waals surface area contributed by atoms with Gasteiger partial charge in [-0.15, -0.1) is 23.1 Å². The molecule has 1 saturated heterocycles. The van der Waals surface area contributed by atoms with Gasteiger partial charge in [-0.25, -0.2) is 19.6 Å². The van der Waals surface area contributed by atoms with Gasteiger partial charge >= 0.3 is 11.9 Å². The number of hydrogen-bond donors (Lipinski definition) is 7. The van der Waals surface area contributed by atoms with E-state index in [1.165, 1.54) is 31.4 Å². The quantitative estimate of drug-likeness (QED) is 0.0559. The number of imidazole rings is 1. The zero-order chi connectivity index (χ0) is 31.4. The zero-order valence-electron chi connectivity index (χ0n) is 22.0. The van der Waals surface area contributed by atoms with Crippen molar-refractivity contribution < 1.29 is 44.4 Å². The summed E-state index contributed by atoms with van der Waals surface area (Å²) in [6, 6.07) is 2.42. The van der Waals surface area contributed by atoms with Gasteiger partial charge in [0.15, 0.2) is 27.9 Å². The van der Waals surface area contributed by atoms with E-state index in [9.17, 15) is 39.6 Å². The number of thioether (sulfide) groups is 1. The van der Waals surface area contributed by atoms with E-state index in [1.807, 2.05) is 0 Å². The minimum Gasteiger partial charge on any atom is -0.504 e. The third kappa shape index (κ3) is 4.89. The number of nitrogens with zero attached hydrogens (tertiary/aromatic N) is 4. The Morgan fingerprint density at radius 3 is 2.58 bits per heavy atom. The van der Waals surface area contributed by atoms with E-state index in [-0.39, 0.29) is 33.5 Å². The van der Waals surface area contributed by atoms with Crippen molar-refractivity contribution in [2.24, 2.45) is 5.16 Å². The average molecular weight is 648 g/mol. The summed E-state index contributed by atoms with van der Waals surface area (Å²) in [4.78, 5) is 68.3. The Bertz CT molecular complexity index is 1760. The van der Waals surface area contributed by atoms with Gasteiger partial charge in [-0.05, 0) is 13.8 Å². The Morgan fingerprint density at radius 1 is 1.28 bits per heavy atom. The summed E-state index contributed by atoms with van der Waals surface area (Å²) in [5, 5.41) is 46.8. The summed E-state index contributed by atoms with van der Waals surface area (Å²) in [5.41, 5.74) is 1.75. The molecule has 224 valence electrons. The second-order valence-corrected chi connectivity index (χ2v) is 12.0. The summed E-state index contributed by atoms with van der Waals surface area (Å²) >= 11 is 7.22. The molecule has 0 radical (unpaired) electrons. The molecular weight excluding hydrogens is 627 g/mol. The number of amides is 2. The van der Waals surface area contributed by atoms with Gasteiger partial charge in [0.05, 0.1) is 11.0 Å². The average Bonchev–Trinajstić information content (AvgIpc) is 3.56. The molecule has 16 nitrogen and oxygen atoms in total. The number of phenolic OH excluding ortho intramolecular Hbond substituents is 2. The number of thiocarbonyl (C=S) groups is 1. The van der Waals surface area contributed by atoms with Crippen LogP contribution < -0.4 is 11.1 Å². The number of carbonyl (C=O) groups is 4. The lowest BCUT2D eigenvalue weighted by molar-refractivity contribution is -0.161. The number of H-pyrrole nitrogens is 1. The fourth-order valence-corrected chi connectivity index (χ4v) is 6.60. The van der Waals surface area contributed by atoms with Crippen molar-refractivity contribution in [3.05, 3.63) is 34.7 Å². The molecular formula is C24H21N7O9S3. The monoisotopic (exact) mass is 647 g/mol. The number of anilines is 1. The number of nitrogens with two attached hydrogens (primary N) is 1. The first-order valence-electron chi connectivity index (χ1n) is 12.0. The predicted molar refractivity (Wildman–Crippen MR) is 157 cm³/mol. The van der Waals surface area contributed by atoms with Crippen molar-refractivity contribution in [3.63, 3.8) is 0 Å². The van der Waals surface area contributed by atoms with Crippen LogP contribution in [0, 0.1) is 0 Å². The van der Waals surface area contributed by atoms with Crippen molar-refractivity contribution in [2.75, 3.05) is 11.5 Å². The van der Waals surface area contributed by atoms with E-state index in [2.05, 4.69) is 25.4 Å². The van der Waals surface area contributed by atoms with Crippen LogP contribution >= 0.6 is 35.3 Å². The van der Waals surface area contributed by atoms with Gasteiger partial charge in [-0.3, -0.25) is 14.5 Å². The van der Waals surface area contributed by atoms with E-state index < -0.39 is 63.2 Å². The van der Waals surface area contributed by atoms with Gasteiger partial charge < -0.3 is 41.3 Å². The van der Waals surface area contributed by atoms with Crippen LogP contribution in [0.4, 0.5) is 5.13 Å². The van der Waals surface area contributed by atoms with E-state index in [0.717, 1.165) is 33.4 Å². The maximum absolute atomic E-state index is 13.6. The molecule has 0 spiro atoms. The van der Waals surface area contributed by atoms with Gasteiger partial charge in [0.25, 0.3) is 11.8 Å². The predicted octanol–water partition coefficient (Wildman–Crippen LogP) is 0.862. The summed E-state index contributed by atoms with van der Waals surface area (Å²) in [6.07, 6.45) is 0. The number of benzene rings is 1. The number of thiazole rings is 1. The number of aromatic amines is 1. The first-order valence-corrected chi connectivity index (χ1v) is 14.4. The Balaban J connectivity index is 1.49. The molecule has 2 aromatic heterocycles. The van der Waals surface area contributed by atoms with Crippen LogP contribution in [0.5, 0.6) is 11.5 Å². The maximum Gasteiger partial charge on any atom is 0.353 e. The lowest BCUT2D eigenvalue weighted by Gasteiger charge is -2.55. The molecule has 0 saturated carbocycles. The summed E-state index contributed by atoms with van der Waals surface area (Å²) < 4.78 is 0. The molecule has 2 amide bonds. The number of carboxylic acid groups (broad SMARTS) is 2. The Labute approximate surface area is 254 Å². The second-order valence-electron chi connectivity index (χ2n) is 9.77. The summed E-state index contributed by atoms with van der Waals surface area (Å²) in [6.45, 7) is 2.41. The Hall–Kier alpha value is -4.75. The number of nitrogen functional groups attached to an aromatic ring is 1. The highest BCUT2D eigenvalue weighted by Gasteiger charge is 2.65. The number of phenols is 2. The highest BCUT2D eigenvalue weighted by molar-refractivity contribution is 8.00. The van der Waals surface area contributed by atoms with Crippen LogP contribution in [0.15, 0.2) is 28.4 Å². The lowest BCUT2D eigenvalue weighted by atomic mass is 9.87. The minimum atomic E-state index is -1.86. The Morgan fingerprint density at radius 2 is 1.98 bits per heavy atom. The van der Waals surface area contributed by atoms with Crippen molar-refractivity contribution in [1.82, 2.24) is 25.2 Å². The van der Waals surface area contributed by atoms with Gasteiger partial charge in [0.2, 0.25) is 5.60 Å². The first-order chi connectivity index (χ1) is 20.2. The number of aliphatic carboxylic acids is 2. The van der Waals surface area contributed by atoms with Crippen LogP contribution in [-0.2, 0) is 24.0 Å². The van der Waals surface area contributed by atoms with Crippen LogP contribution in [0.1, 0.15) is 25.4 Å². The number of nitrogens with one attached hydrogen (secondary N) is 2. The van der Waals surface area contributed by atoms with Gasteiger partial charge in [-0.1, -0.05) is 17.4 Å². The van der Waals surface area contributed by atoms with Gasteiger partial charge in [-0.2, -0.15) is 0 Å². The number of carboxylic acids is 2. The second kappa shape index (κ2) is 10.5. The van der Waals surface area contributed by atoms with Crippen molar-refractivity contribution in [1.29, 1.82) is 0 Å². The van der Waals surface area contributed by atoms with Crippen LogP contribution in [0.25, 0.3) is 16.6 Å². The molecule has 5 rings (SSSR count). The number of hydrogen-bond acceptors (Lipinski definition) is 14. The Kier molecular flexibility index (Phi) is 7.27. The van der Waals surface area contributed by atoms with Crippen LogP contribution in [0.3, 0.4) is 0 Å². The third-order valence-electron chi connectivity index (χ3n) is 6.54. The van der Waals surface area contributed by atoms with E-state index >= 15 is 0 Å². The van der Waals surface area contributed by atoms with Crippen molar-refractivity contribution in [3.8, 4) is 11.5 Å². The van der Waals surface area contributed by atoms with Crippen molar-refractivity contribution in [2.45, 2.75) is 30.4 Å². The van der Waals surface area contributed by atoms with Crippen molar-refractivity contribution >= 4 is 91.9 Å². The number of oxime groups is 1. The molecule has 1 fully saturated rings. The lowest BCUT2D eigenvalue weighted by Crippen LogP contribution is -2.80. The van der Waals surface area contributed by atoms with E-state index in [0.29, 0.717) is 5.52 Å². The molecule has 2 aliphatic rings. The molecule has 19 heteroatoms. The normalized spacial score (nSPS) is 20.4. The van der Waals surface area contributed by atoms with E-state index in [1.54, 1.807) is 0 Å². The fraction of sp³-hybridized carbons (Fsp3) is 0.250. The standard InChI is InChI=1S/C24H21N7O9S3/c1-23(2,21(38)39)40-30-14(11-6-43-22(25)28-11)17(34)29-24(7-41)19(37)31-15(18(35)36)8(5-42-20(24)31)16-26-9-3-12(32)13(33)4-10(9)27-16/h3-4,6-7,20,32-33H,5H2,1-2H3,(H2,25,28)(H,26,27)(H,29,34)(H,35,36)(H,38,39)/t20-,24+/m0/s1. The maximum atomic E-state index is 13.6. The number of fused-ring (bicyclic) bond motifs is 2. The fourth-order valence-electron chi connectivity index (χ4n) is 4.24. The molecule has 0 bridgehead atoms. The topological polar surface area (TPSA) is 254 Å². The first kappa shape index (κ1) is 29.7. The smallest absolute Gasteiger partial charge is 0.353 e. The zero-order valence-corrected chi connectivity index (χ0v) is 24.5. The van der Waals surface area contributed by atoms with Gasteiger partial charge in [0, 0.05) is 34.2 Å². The summed E-state index contributed by atoms with van der Waals surface area (Å²) in [5.74, 6) is -5.42. The highest BCUT2D eigenvalue weighted by atomic mass is 32.2. The molecule has 0 unspecified atom stereocenters. The number of carbonyl (C=O) groups excluding carboxylic acids is 2. The number of β-lactam (4-membered cyclic amide) rings is 1. The highest BCUT2D eigenvalue weighted by Crippen LogP contribution is 2.47. The number of rotatable bonds is 9. The minimum absolute atomic E-state index is 0.00807. The third-order valence-corrected chi connectivity index (χ3v) is 8.94. The number of aromatic hydroxyl groups is 2. The SMILES string of the molecule is CC(C)(ON=C(C(=O)N[C@]1(C=S)C(=O)N2C(C(=O)O)=C(c3nc4cc(O)c(O)cc4[nH]3)CS[C@H]21)c1csc(N)n1)C(=O)O. The molecule has 3 aromatic rings. The molecule has 43 heavy (non-hydrogen) atoms. The molecule has 4 heterocycles. The summed E-state index contributed by atoms with van der Waals surface area (Å²) in [7, 11) is 0. The number of aromatic nitrogens is 3. The molecule has 8 N–H and O–H groups in total. The largest absolute Gasteiger partial charge is 0.504 e. The molecule has 0 aliphatic carbocycles.